The molecule has 0 aliphatic heterocycles. The third-order valence-corrected chi connectivity index (χ3v) is 3.85. The summed E-state index contributed by atoms with van der Waals surface area (Å²) in [7, 11) is 0. The van der Waals surface area contributed by atoms with E-state index in [1.165, 1.54) is 0 Å². The average molecular weight is 239 g/mol. The fourth-order valence-electron chi connectivity index (χ4n) is 2.23. The molecule has 0 bridgehead atoms. The normalized spacial score (nSPS) is 17.9. The maximum absolute atomic E-state index is 11.2. The second-order valence-electron chi connectivity index (χ2n) is 4.71. The van der Waals surface area contributed by atoms with Gasteiger partial charge >= 0.3 is 5.97 Å². The Morgan fingerprint density at radius 3 is 2.62 bits per heavy atom. The van der Waals surface area contributed by atoms with E-state index in [2.05, 4.69) is 0 Å². The van der Waals surface area contributed by atoms with E-state index in [1.807, 2.05) is 25.1 Å². The van der Waals surface area contributed by atoms with Crippen molar-refractivity contribution in [3.63, 3.8) is 0 Å². The van der Waals surface area contributed by atoms with Gasteiger partial charge in [-0.15, -0.1) is 0 Å². The van der Waals surface area contributed by atoms with Crippen molar-refractivity contribution in [3.8, 4) is 0 Å². The van der Waals surface area contributed by atoms with Gasteiger partial charge in [-0.3, -0.25) is 4.79 Å². The van der Waals surface area contributed by atoms with Gasteiger partial charge in [-0.25, -0.2) is 0 Å². The molecule has 2 nitrogen and oxygen atoms in total. The van der Waals surface area contributed by atoms with Crippen molar-refractivity contribution in [2.45, 2.75) is 32.6 Å². The van der Waals surface area contributed by atoms with Crippen molar-refractivity contribution in [2.75, 3.05) is 0 Å². The van der Waals surface area contributed by atoms with Crippen LogP contribution in [0, 0.1) is 12.3 Å². The van der Waals surface area contributed by atoms with E-state index in [9.17, 15) is 9.90 Å². The van der Waals surface area contributed by atoms with Gasteiger partial charge in [0.2, 0.25) is 0 Å². The van der Waals surface area contributed by atoms with Crippen LogP contribution < -0.4 is 0 Å². The summed E-state index contributed by atoms with van der Waals surface area (Å²) >= 11 is 6.13. The topological polar surface area (TPSA) is 37.3 Å². The summed E-state index contributed by atoms with van der Waals surface area (Å²) in [6.07, 6.45) is 3.11. The molecule has 86 valence electrons. The molecular weight excluding hydrogens is 224 g/mol. The molecule has 1 aliphatic carbocycles. The zero-order valence-electron chi connectivity index (χ0n) is 9.29. The van der Waals surface area contributed by atoms with Gasteiger partial charge in [0.05, 0.1) is 5.41 Å². The van der Waals surface area contributed by atoms with Gasteiger partial charge < -0.3 is 5.11 Å². The highest BCUT2D eigenvalue weighted by atomic mass is 35.5. The molecule has 2 rings (SSSR count). The number of carboxylic acid groups (broad SMARTS) is 1. The quantitative estimate of drug-likeness (QED) is 0.876. The molecule has 0 heterocycles. The predicted octanol–water partition coefficient (Wildman–Crippen LogP) is 3.45. The molecule has 0 saturated heterocycles. The molecule has 1 aromatic rings. The molecule has 1 aromatic carbocycles. The lowest BCUT2D eigenvalue weighted by Crippen LogP contribution is -2.39. The van der Waals surface area contributed by atoms with Gasteiger partial charge in [-0.2, -0.15) is 0 Å². The minimum Gasteiger partial charge on any atom is -0.481 e. The zero-order valence-corrected chi connectivity index (χ0v) is 10.0. The first-order chi connectivity index (χ1) is 7.53. The molecule has 0 atom stereocenters. The van der Waals surface area contributed by atoms with Crippen LogP contribution >= 0.6 is 11.6 Å². The maximum Gasteiger partial charge on any atom is 0.309 e. The summed E-state index contributed by atoms with van der Waals surface area (Å²) in [5.41, 5.74) is 1.50. The largest absolute Gasteiger partial charge is 0.481 e. The monoisotopic (exact) mass is 238 g/mol. The predicted molar refractivity (Wildman–Crippen MR) is 63.8 cm³/mol. The van der Waals surface area contributed by atoms with E-state index in [-0.39, 0.29) is 0 Å². The summed E-state index contributed by atoms with van der Waals surface area (Å²) in [5, 5.41) is 9.93. The van der Waals surface area contributed by atoms with Crippen LogP contribution in [0.3, 0.4) is 0 Å². The molecule has 1 fully saturated rings. The first-order valence-electron chi connectivity index (χ1n) is 5.52. The Kier molecular flexibility index (Phi) is 2.94. The Hall–Kier alpha value is -1.02. The molecule has 3 heteroatoms. The van der Waals surface area contributed by atoms with E-state index in [0.29, 0.717) is 11.4 Å². The number of halogens is 1. The zero-order chi connectivity index (χ0) is 11.8. The molecule has 16 heavy (non-hydrogen) atoms. The molecule has 0 aromatic heterocycles. The highest BCUT2D eigenvalue weighted by Gasteiger charge is 2.44. The van der Waals surface area contributed by atoms with E-state index in [0.717, 1.165) is 30.4 Å². The molecule has 1 aliphatic rings. The second kappa shape index (κ2) is 4.10. The van der Waals surface area contributed by atoms with Gasteiger partial charge in [0.1, 0.15) is 0 Å². The highest BCUT2D eigenvalue weighted by Crippen LogP contribution is 2.44. The van der Waals surface area contributed by atoms with Gasteiger partial charge in [-0.05, 0) is 43.4 Å². The van der Waals surface area contributed by atoms with Crippen molar-refractivity contribution >= 4 is 17.6 Å². The molecule has 0 unspecified atom stereocenters. The maximum atomic E-state index is 11.2. The van der Waals surface area contributed by atoms with Crippen LogP contribution in [0.1, 0.15) is 30.4 Å². The van der Waals surface area contributed by atoms with Crippen molar-refractivity contribution in [3.05, 3.63) is 34.3 Å². The van der Waals surface area contributed by atoms with E-state index >= 15 is 0 Å². The number of hydrogen-bond donors (Lipinski definition) is 1. The summed E-state index contributed by atoms with van der Waals surface area (Å²) in [6.45, 7) is 1.98. The average Bonchev–Trinajstić information content (AvgIpc) is 2.13. The Morgan fingerprint density at radius 1 is 1.50 bits per heavy atom. The van der Waals surface area contributed by atoms with Gasteiger partial charge in [0.15, 0.2) is 0 Å². The van der Waals surface area contributed by atoms with Crippen LogP contribution in [-0.4, -0.2) is 11.1 Å². The van der Waals surface area contributed by atoms with Gasteiger partial charge in [-0.1, -0.05) is 30.2 Å². The lowest BCUT2D eigenvalue weighted by molar-refractivity contribution is -0.154. The fraction of sp³-hybridized carbons (Fsp3) is 0.462. The number of rotatable bonds is 3. The molecular formula is C13H15ClO2. The highest BCUT2D eigenvalue weighted by molar-refractivity contribution is 6.31. The lowest BCUT2D eigenvalue weighted by atomic mass is 9.65. The Morgan fingerprint density at radius 2 is 2.19 bits per heavy atom. The van der Waals surface area contributed by atoms with Crippen LogP contribution in [-0.2, 0) is 11.2 Å². The van der Waals surface area contributed by atoms with Crippen molar-refractivity contribution in [2.24, 2.45) is 5.41 Å². The molecule has 0 amide bonds. The van der Waals surface area contributed by atoms with Crippen LogP contribution in [0.5, 0.6) is 0 Å². The fourth-order valence-corrected chi connectivity index (χ4v) is 2.53. The number of aryl methyl sites for hydroxylation is 1. The standard InChI is InChI=1S/C13H15ClO2/c1-9-3-4-10(11(14)7-9)8-13(12(15)16)5-2-6-13/h3-4,7H,2,5-6,8H2,1H3,(H,15,16). The van der Waals surface area contributed by atoms with Crippen LogP contribution in [0.4, 0.5) is 0 Å². The lowest BCUT2D eigenvalue weighted by Gasteiger charge is -2.38. The van der Waals surface area contributed by atoms with E-state index in [4.69, 9.17) is 11.6 Å². The number of benzene rings is 1. The van der Waals surface area contributed by atoms with E-state index in [1.54, 1.807) is 0 Å². The van der Waals surface area contributed by atoms with Crippen LogP contribution in [0.15, 0.2) is 18.2 Å². The van der Waals surface area contributed by atoms with Crippen LogP contribution in [0.2, 0.25) is 5.02 Å². The smallest absolute Gasteiger partial charge is 0.309 e. The first-order valence-corrected chi connectivity index (χ1v) is 5.90. The summed E-state index contributed by atoms with van der Waals surface area (Å²) in [6, 6.07) is 5.82. The third-order valence-electron chi connectivity index (χ3n) is 3.50. The van der Waals surface area contributed by atoms with Crippen molar-refractivity contribution in [1.29, 1.82) is 0 Å². The minimum absolute atomic E-state index is 0.557. The van der Waals surface area contributed by atoms with Crippen molar-refractivity contribution < 1.29 is 9.90 Å². The van der Waals surface area contributed by atoms with Gasteiger partial charge in [0, 0.05) is 5.02 Å². The Balaban J connectivity index is 2.23. The summed E-state index contributed by atoms with van der Waals surface area (Å²) in [4.78, 5) is 11.2. The van der Waals surface area contributed by atoms with Crippen LogP contribution in [0.25, 0.3) is 0 Å². The number of carboxylic acids is 1. The molecule has 0 radical (unpaired) electrons. The molecule has 0 spiro atoms. The van der Waals surface area contributed by atoms with Crippen molar-refractivity contribution in [1.82, 2.24) is 0 Å². The third kappa shape index (κ3) is 1.94. The van der Waals surface area contributed by atoms with E-state index < -0.39 is 11.4 Å². The number of carbonyl (C=O) groups is 1. The summed E-state index contributed by atoms with van der Waals surface area (Å²) in [5.74, 6) is -0.685. The SMILES string of the molecule is Cc1ccc(CC2(C(=O)O)CCC2)c(Cl)c1. The van der Waals surface area contributed by atoms with Gasteiger partial charge in [0.25, 0.3) is 0 Å². The minimum atomic E-state index is -0.685. The summed E-state index contributed by atoms with van der Waals surface area (Å²) < 4.78 is 0. The Bertz CT molecular complexity index is 422. The molecule has 1 N–H and O–H groups in total. The number of hydrogen-bond acceptors (Lipinski definition) is 1. The molecule has 1 saturated carbocycles. The second-order valence-corrected chi connectivity index (χ2v) is 5.12. The number of aliphatic carboxylic acids is 1. The first kappa shape index (κ1) is 11.5. The Labute approximate surface area is 100 Å².